The third kappa shape index (κ3) is 6.80. The highest BCUT2D eigenvalue weighted by atomic mass is 32.3. The number of thioether (sulfide) groups is 1. The number of carboxylic acids is 1. The number of hydrogen-bond donors (Lipinski definition) is 3. The fraction of sp³-hybridized carbons (Fsp3) is 0.444. The summed E-state index contributed by atoms with van der Waals surface area (Å²) in [5, 5.41) is 8.83. The van der Waals surface area contributed by atoms with Crippen molar-refractivity contribution in [2.75, 3.05) is 23.5 Å². The monoisotopic (exact) mass is 573 g/mol. The first kappa shape index (κ1) is 30.2. The Morgan fingerprint density at radius 3 is 2.34 bits per heavy atom. The Bertz CT molecular complexity index is 1180. The molecular formula is C27H34F3NO5S2. The fourth-order valence-electron chi connectivity index (χ4n) is 4.81. The topological polar surface area (TPSA) is 90.2 Å². The molecule has 0 saturated heterocycles. The van der Waals surface area contributed by atoms with Gasteiger partial charge in [0.25, 0.3) is 0 Å². The molecule has 0 saturated carbocycles. The minimum atomic E-state index is -3.44. The van der Waals surface area contributed by atoms with Crippen molar-refractivity contribution in [1.82, 2.24) is 0 Å². The molecule has 38 heavy (non-hydrogen) atoms. The molecule has 3 N–H and O–H groups in total. The molecule has 0 aromatic heterocycles. The lowest BCUT2D eigenvalue weighted by atomic mass is 9.79. The van der Waals surface area contributed by atoms with Crippen molar-refractivity contribution in [1.29, 1.82) is 0 Å². The van der Waals surface area contributed by atoms with E-state index in [4.69, 9.17) is 9.84 Å². The Labute approximate surface area is 227 Å². The van der Waals surface area contributed by atoms with E-state index in [1.54, 1.807) is 17.2 Å². The molecule has 0 radical (unpaired) electrons. The first-order valence-electron chi connectivity index (χ1n) is 12.4. The molecule has 0 bridgehead atoms. The molecule has 0 spiro atoms. The van der Waals surface area contributed by atoms with Crippen molar-refractivity contribution in [2.45, 2.75) is 62.2 Å². The van der Waals surface area contributed by atoms with Crippen LogP contribution in [-0.4, -0.2) is 38.7 Å². The Kier molecular flexibility index (Phi) is 10.1. The van der Waals surface area contributed by atoms with Gasteiger partial charge < -0.3 is 14.7 Å². The number of nitrogens with zero attached hydrogens (tertiary/aromatic N) is 1. The normalized spacial score (nSPS) is 17.5. The van der Waals surface area contributed by atoms with Crippen LogP contribution in [0, 0.1) is 17.0 Å². The second kappa shape index (κ2) is 12.7. The molecule has 0 atom stereocenters. The molecule has 2 aromatic carbocycles. The number of carboxylic acid groups (broad SMARTS) is 1. The summed E-state index contributed by atoms with van der Waals surface area (Å²) in [6.07, 6.45) is 7.11. The predicted molar refractivity (Wildman–Crippen MR) is 147 cm³/mol. The lowest BCUT2D eigenvalue weighted by Crippen LogP contribution is -2.38. The average molecular weight is 574 g/mol. The molecule has 1 aliphatic rings. The Morgan fingerprint density at radius 1 is 1.13 bits per heavy atom. The van der Waals surface area contributed by atoms with Gasteiger partial charge in [-0.1, -0.05) is 39.5 Å². The van der Waals surface area contributed by atoms with Gasteiger partial charge in [-0.25, -0.2) is 13.6 Å². The molecule has 1 heterocycles. The lowest BCUT2D eigenvalue weighted by Gasteiger charge is -2.42. The zero-order chi connectivity index (χ0) is 28.1. The number of hydrogen-bond acceptors (Lipinski definition) is 6. The maximum absolute atomic E-state index is 14.4. The highest BCUT2D eigenvalue weighted by Gasteiger charge is 2.42. The first-order valence-corrected chi connectivity index (χ1v) is 15.4. The predicted octanol–water partition coefficient (Wildman–Crippen LogP) is 8.59. The maximum atomic E-state index is 14.4. The van der Waals surface area contributed by atoms with E-state index in [0.29, 0.717) is 41.9 Å². The van der Waals surface area contributed by atoms with Crippen LogP contribution in [0.5, 0.6) is 5.75 Å². The van der Waals surface area contributed by atoms with Gasteiger partial charge in [0.15, 0.2) is 11.6 Å². The third-order valence-corrected chi connectivity index (χ3v) is 9.52. The second-order valence-corrected chi connectivity index (χ2v) is 12.5. The number of anilines is 2. The van der Waals surface area contributed by atoms with Crippen LogP contribution in [0.25, 0.3) is 0 Å². The third-order valence-electron chi connectivity index (χ3n) is 6.72. The SMILES string of the molecule is CCCCC1(CCCC)CN(c2ccc(F)c(F)c2)c2cc(SC)c(OC=C(F)C(=O)O)cc2S(O)(O)C1. The molecule has 0 unspecified atom stereocenters. The quantitative estimate of drug-likeness (QED) is 0.141. The van der Waals surface area contributed by atoms with Crippen molar-refractivity contribution in [3.05, 3.63) is 54.1 Å². The number of fused-ring (bicyclic) bond motifs is 1. The second-order valence-electron chi connectivity index (χ2n) is 9.56. The number of rotatable bonds is 11. The maximum Gasteiger partial charge on any atom is 0.368 e. The summed E-state index contributed by atoms with van der Waals surface area (Å²) in [5.74, 6) is -5.21. The van der Waals surface area contributed by atoms with Crippen molar-refractivity contribution in [3.8, 4) is 5.75 Å². The minimum absolute atomic E-state index is 0.0486. The molecule has 11 heteroatoms. The first-order chi connectivity index (χ1) is 18.0. The smallest absolute Gasteiger partial charge is 0.368 e. The van der Waals surface area contributed by atoms with Crippen LogP contribution in [0.1, 0.15) is 52.4 Å². The number of benzene rings is 2. The summed E-state index contributed by atoms with van der Waals surface area (Å²) in [6.45, 7) is 4.47. The summed E-state index contributed by atoms with van der Waals surface area (Å²) in [7, 11) is -3.44. The van der Waals surface area contributed by atoms with Crippen LogP contribution < -0.4 is 9.64 Å². The van der Waals surface area contributed by atoms with Gasteiger partial charge in [-0.3, -0.25) is 9.11 Å². The van der Waals surface area contributed by atoms with Crippen LogP contribution in [0.15, 0.2) is 52.2 Å². The average Bonchev–Trinajstić information content (AvgIpc) is 2.97. The summed E-state index contributed by atoms with van der Waals surface area (Å²) >= 11 is 1.23. The van der Waals surface area contributed by atoms with Crippen molar-refractivity contribution in [2.24, 2.45) is 5.41 Å². The molecule has 2 aromatic rings. The van der Waals surface area contributed by atoms with Gasteiger partial charge in [0.1, 0.15) is 12.0 Å². The summed E-state index contributed by atoms with van der Waals surface area (Å²) < 4.78 is 70.4. The highest BCUT2D eigenvalue weighted by molar-refractivity contribution is 8.24. The van der Waals surface area contributed by atoms with Crippen molar-refractivity contribution >= 4 is 39.7 Å². The van der Waals surface area contributed by atoms with Gasteiger partial charge >= 0.3 is 5.97 Å². The van der Waals surface area contributed by atoms with E-state index in [9.17, 15) is 27.1 Å². The molecule has 210 valence electrons. The standard InChI is InChI=1S/C27H34F3NO5S2/c1-4-6-10-27(11-7-5-2)16-31(18-8-9-19(28)20(29)12-18)22-13-24(37-3)23(36-15-21(30)26(32)33)14-25(22)38(34,35)17-27/h8-9,12-15,34-35H,4-7,10-11,16-17H2,1-3H3,(H,32,33). The van der Waals surface area contributed by atoms with E-state index >= 15 is 0 Å². The molecule has 0 amide bonds. The van der Waals surface area contributed by atoms with Gasteiger partial charge in [0, 0.05) is 35.5 Å². The van der Waals surface area contributed by atoms with Gasteiger partial charge in [-0.05, 0) is 37.3 Å². The number of unbranched alkanes of at least 4 members (excludes halogenated alkanes) is 2. The zero-order valence-corrected chi connectivity index (χ0v) is 23.3. The number of ether oxygens (including phenoxy) is 1. The number of aliphatic carboxylic acids is 1. The van der Waals surface area contributed by atoms with Crippen molar-refractivity contribution < 1.29 is 36.9 Å². The molecule has 6 nitrogen and oxygen atoms in total. The van der Waals surface area contributed by atoms with Crippen LogP contribution in [0.2, 0.25) is 0 Å². The highest BCUT2D eigenvalue weighted by Crippen LogP contribution is 2.62. The lowest BCUT2D eigenvalue weighted by molar-refractivity contribution is -0.134. The molecule has 1 aliphatic heterocycles. The molecule has 3 rings (SSSR count). The van der Waals surface area contributed by atoms with Gasteiger partial charge in [-0.15, -0.1) is 11.8 Å². The molecule has 0 aliphatic carbocycles. The van der Waals surface area contributed by atoms with E-state index in [1.165, 1.54) is 23.9 Å². The van der Waals surface area contributed by atoms with Gasteiger partial charge in [0.2, 0.25) is 5.83 Å². The van der Waals surface area contributed by atoms with Gasteiger partial charge in [0.05, 0.1) is 15.5 Å². The fourth-order valence-corrected chi connectivity index (χ4v) is 7.53. The summed E-state index contributed by atoms with van der Waals surface area (Å²) in [5.41, 5.74) is 0.215. The van der Waals surface area contributed by atoms with E-state index < -0.39 is 39.4 Å². The number of carbonyl (C=O) groups is 1. The molecule has 0 fully saturated rings. The van der Waals surface area contributed by atoms with E-state index in [1.807, 2.05) is 0 Å². The van der Waals surface area contributed by atoms with E-state index in [2.05, 4.69) is 13.8 Å². The van der Waals surface area contributed by atoms with Gasteiger partial charge in [-0.2, -0.15) is 15.0 Å². The summed E-state index contributed by atoms with van der Waals surface area (Å²) in [4.78, 5) is 13.3. The Balaban J connectivity index is 2.26. The van der Waals surface area contributed by atoms with Crippen molar-refractivity contribution in [3.63, 3.8) is 0 Å². The summed E-state index contributed by atoms with van der Waals surface area (Å²) in [6, 6.07) is 6.60. The largest absolute Gasteiger partial charge is 0.476 e. The minimum Gasteiger partial charge on any atom is -0.476 e. The van der Waals surface area contributed by atoms with Crippen LogP contribution in [0.3, 0.4) is 0 Å². The molecular weight excluding hydrogens is 539 g/mol. The van der Waals surface area contributed by atoms with Crippen LogP contribution in [0.4, 0.5) is 24.5 Å². The van der Waals surface area contributed by atoms with E-state index in [0.717, 1.165) is 37.8 Å². The number of halogens is 3. The zero-order valence-electron chi connectivity index (χ0n) is 21.7. The van der Waals surface area contributed by atoms with Crippen LogP contribution in [-0.2, 0) is 4.79 Å². The van der Waals surface area contributed by atoms with E-state index in [-0.39, 0.29) is 16.4 Å². The Hall–Kier alpha value is -2.34. The Morgan fingerprint density at radius 2 is 1.79 bits per heavy atom. The van der Waals surface area contributed by atoms with Crippen LogP contribution >= 0.6 is 22.4 Å².